The maximum atomic E-state index is 13.4. The molecule has 0 aliphatic heterocycles. The molecule has 0 fully saturated rings. The van der Waals surface area contributed by atoms with E-state index in [2.05, 4.69) is 55.1 Å². The minimum atomic E-state index is -1.37. The lowest BCUT2D eigenvalue weighted by Crippen LogP contribution is -2.36. The summed E-state index contributed by atoms with van der Waals surface area (Å²) in [5, 5.41) is 24.8. The number of benzene rings is 6. The second-order valence-electron chi connectivity index (χ2n) is 25.8. The van der Waals surface area contributed by atoms with Crippen molar-refractivity contribution >= 4 is 83.1 Å². The first-order chi connectivity index (χ1) is 51.6. The van der Waals surface area contributed by atoms with Crippen LogP contribution < -0.4 is 10.6 Å². The zero-order valence-electron chi connectivity index (χ0n) is 62.1. The van der Waals surface area contributed by atoms with Crippen LogP contribution in [0.2, 0.25) is 0 Å². The molecule has 0 saturated carbocycles. The number of carbonyl (C=O) groups is 10. The zero-order chi connectivity index (χ0) is 80.8. The Hall–Kier alpha value is -12.6. The number of hydrogen-bond acceptors (Lipinski definition) is 24. The van der Waals surface area contributed by atoms with E-state index >= 15 is 0 Å². The Morgan fingerprint density at radius 1 is 0.376 bits per heavy atom. The maximum absolute atomic E-state index is 13.4. The predicted octanol–water partition coefficient (Wildman–Crippen LogP) is 13.2. The molecule has 6 aromatic carbocycles. The number of rotatable bonds is 36. The van der Waals surface area contributed by atoms with Crippen LogP contribution in [0.25, 0.3) is 33.4 Å². The molecule has 4 unspecified atom stereocenters. The number of anilines is 2. The summed E-state index contributed by atoms with van der Waals surface area (Å²) in [5.74, 6) is -6.15. The second-order valence-corrected chi connectivity index (χ2v) is 25.8. The van der Waals surface area contributed by atoms with Gasteiger partial charge in [0.05, 0.1) is 27.9 Å². The predicted molar refractivity (Wildman–Crippen MR) is 405 cm³/mol. The highest BCUT2D eigenvalue weighted by Crippen LogP contribution is 2.33. The number of esters is 8. The number of nitrogens with zero attached hydrogens (tertiary/aromatic N) is 1. The third kappa shape index (κ3) is 31.9. The average molecular weight is 1500 g/mol. The van der Waals surface area contributed by atoms with E-state index in [-0.39, 0.29) is 59.5 Å². The molecule has 576 valence electrons. The van der Waals surface area contributed by atoms with E-state index in [0.717, 1.165) is 33.4 Å². The summed E-state index contributed by atoms with van der Waals surface area (Å²) in [6, 6.07) is 50.2. The maximum Gasteiger partial charge on any atom is 0.412 e. The smallest absolute Gasteiger partial charge is 0.412 e. The number of nitrogens with one attached hydrogen (secondary N) is 2. The number of ether oxygens (including phenoxy) is 10. The third-order valence-electron chi connectivity index (χ3n) is 14.8. The lowest BCUT2D eigenvalue weighted by atomic mass is 9.86. The third-order valence-corrected chi connectivity index (χ3v) is 14.8. The van der Waals surface area contributed by atoms with Crippen LogP contribution in [-0.2, 0) is 90.5 Å². The number of aliphatic hydroxyl groups excluding tert-OH is 2. The van der Waals surface area contributed by atoms with E-state index in [1.54, 1.807) is 36.4 Å². The van der Waals surface area contributed by atoms with Crippen LogP contribution in [0.5, 0.6) is 0 Å². The number of amides is 2. The molecule has 4 atom stereocenters. The molecule has 26 nitrogen and oxygen atoms in total. The Kier molecular flexibility index (Phi) is 36.6. The molecule has 0 aliphatic carbocycles. The number of aliphatic hydroxyl groups is 2. The van der Waals surface area contributed by atoms with Crippen LogP contribution in [0.1, 0.15) is 68.2 Å². The van der Waals surface area contributed by atoms with Crippen LogP contribution in [0, 0.1) is 10.8 Å². The van der Waals surface area contributed by atoms with Crippen LogP contribution in [0.15, 0.2) is 242 Å². The Labute approximate surface area is 632 Å². The average Bonchev–Trinajstić information content (AvgIpc) is 0.872. The van der Waals surface area contributed by atoms with E-state index < -0.39 is 135 Å². The summed E-state index contributed by atoms with van der Waals surface area (Å²) < 4.78 is 51.8. The Morgan fingerprint density at radius 2 is 0.642 bits per heavy atom. The molecule has 0 spiro atoms. The minimum absolute atomic E-state index is 0.0472. The molecule has 0 aliphatic rings. The molecule has 0 saturated heterocycles. The molecule has 0 heterocycles. The van der Waals surface area contributed by atoms with Gasteiger partial charge in [-0.25, -0.2) is 43.2 Å². The first-order valence-electron chi connectivity index (χ1n) is 33.8. The van der Waals surface area contributed by atoms with Crippen molar-refractivity contribution in [3.8, 4) is 33.4 Å². The van der Waals surface area contributed by atoms with Crippen molar-refractivity contribution < 1.29 is 110 Å². The summed E-state index contributed by atoms with van der Waals surface area (Å²) in [7, 11) is 0. The monoisotopic (exact) mass is 1500 g/mol. The molecule has 6 aromatic rings. The van der Waals surface area contributed by atoms with E-state index in [9.17, 15) is 63.0 Å². The van der Waals surface area contributed by atoms with Crippen molar-refractivity contribution in [2.45, 2.75) is 92.6 Å². The molecule has 26 heteroatoms. The summed E-state index contributed by atoms with van der Waals surface area (Å²) in [6.45, 7) is 29.4. The normalized spacial score (nSPS) is 11.7. The van der Waals surface area contributed by atoms with Gasteiger partial charge < -0.3 is 57.6 Å². The van der Waals surface area contributed by atoms with Crippen LogP contribution >= 0.6 is 0 Å². The van der Waals surface area contributed by atoms with Gasteiger partial charge in [0.25, 0.3) is 0 Å². The van der Waals surface area contributed by atoms with Crippen molar-refractivity contribution in [2.75, 3.05) is 63.5 Å². The highest BCUT2D eigenvalue weighted by atomic mass is 16.6. The molecule has 109 heavy (non-hydrogen) atoms. The van der Waals surface area contributed by atoms with Gasteiger partial charge in [0, 0.05) is 50.1 Å². The van der Waals surface area contributed by atoms with Gasteiger partial charge in [-0.1, -0.05) is 185 Å². The van der Waals surface area contributed by atoms with Gasteiger partial charge >= 0.3 is 59.9 Å². The first kappa shape index (κ1) is 88.8. The van der Waals surface area contributed by atoms with Gasteiger partial charge in [-0.05, 0) is 103 Å². The minimum Gasteiger partial charge on any atom is -0.462 e. The van der Waals surface area contributed by atoms with Gasteiger partial charge in [0.2, 0.25) is 6.08 Å². The van der Waals surface area contributed by atoms with E-state index in [1.165, 1.54) is 55.4 Å². The molecular weight excluding hydrogens is 1410 g/mol. The number of aliphatic imine (C=N–C) groups is 1. The highest BCUT2D eigenvalue weighted by Gasteiger charge is 2.35. The van der Waals surface area contributed by atoms with Gasteiger partial charge in [-0.3, -0.25) is 20.2 Å². The molecule has 6 rings (SSSR count). The zero-order valence-corrected chi connectivity index (χ0v) is 62.1. The van der Waals surface area contributed by atoms with E-state index in [1.807, 2.05) is 133 Å². The summed E-state index contributed by atoms with van der Waals surface area (Å²) in [5.41, 5.74) is 4.48. The standard InChI is InChI=1S/C48H50N2O12.C22H32O10.C13H9NO/c1-31(2)42(51)57-27-36(61-46(55)49-40-24-16-14-22-38(40)34-18-10-8-11-19-34)29-59-44(53)33(5)26-48(6,7)45(54)60-30-37(28-58-43(52)32(3)4)62-47(56)50-41-25-17-15-23-39(41)35-20-12-9-13-21-35;1-13(2)18(25)29-9-16(23)11-31-20(27)15(5)8-22(6,7)21(28)32-12-17(24)10-30-19(26)14(3)4;15-10-14-13-9-5-4-8-12(13)11-6-2-1-3-7-11/h8-25,36-37H,1,3,5,26-30H2,2,4,6-7H3,(H,49,55)(H,50,56);16-17,23-24H,1,3,5,8-12H2,2,4,6-7H3;1-9H. The lowest BCUT2D eigenvalue weighted by molar-refractivity contribution is -0.160. The number of para-hydroxylation sites is 3. The van der Waals surface area contributed by atoms with Crippen molar-refractivity contribution in [1.82, 2.24) is 0 Å². The Balaban J connectivity index is 0.000000438. The Bertz CT molecular complexity index is 4270. The fourth-order valence-electron chi connectivity index (χ4n) is 9.12. The summed E-state index contributed by atoms with van der Waals surface area (Å²) in [4.78, 5) is 138. The topological polar surface area (TPSA) is 357 Å². The van der Waals surface area contributed by atoms with E-state index in [4.69, 9.17) is 47.4 Å². The van der Waals surface area contributed by atoms with Crippen LogP contribution in [-0.4, -0.2) is 154 Å². The van der Waals surface area contributed by atoms with Crippen molar-refractivity contribution in [3.05, 3.63) is 237 Å². The number of hydrogen-bond donors (Lipinski definition) is 4. The van der Waals surface area contributed by atoms with Crippen LogP contribution in [0.3, 0.4) is 0 Å². The molecule has 0 aromatic heterocycles. The van der Waals surface area contributed by atoms with Crippen molar-refractivity contribution in [2.24, 2.45) is 15.8 Å². The van der Waals surface area contributed by atoms with Gasteiger partial charge in [-0.2, -0.15) is 4.99 Å². The first-order valence-corrected chi connectivity index (χ1v) is 33.8. The number of carbonyl (C=O) groups excluding carboxylic acids is 11. The molecule has 2 amide bonds. The molecule has 0 radical (unpaired) electrons. The van der Waals surface area contributed by atoms with Gasteiger partial charge in [0.1, 0.15) is 65.1 Å². The van der Waals surface area contributed by atoms with Crippen molar-refractivity contribution in [3.63, 3.8) is 0 Å². The Morgan fingerprint density at radius 3 is 0.991 bits per heavy atom. The number of isocyanates is 1. The second kappa shape index (κ2) is 45.0. The molecular formula is C83H91N3O23. The quantitative estimate of drug-likeness (QED) is 0.00933. The highest BCUT2D eigenvalue weighted by molar-refractivity contribution is 5.94. The fourth-order valence-corrected chi connectivity index (χ4v) is 9.12. The van der Waals surface area contributed by atoms with Gasteiger partial charge in [-0.15, -0.1) is 0 Å². The summed E-state index contributed by atoms with van der Waals surface area (Å²) in [6.07, 6.45) is -5.57. The van der Waals surface area contributed by atoms with Crippen LogP contribution in [0.4, 0.5) is 26.7 Å². The van der Waals surface area contributed by atoms with Gasteiger partial charge in [0.15, 0.2) is 12.2 Å². The largest absolute Gasteiger partial charge is 0.462 e. The lowest BCUT2D eigenvalue weighted by Gasteiger charge is -2.25. The summed E-state index contributed by atoms with van der Waals surface area (Å²) >= 11 is 0. The molecule has 4 N–H and O–H groups in total. The SMILES string of the molecule is C=C(C)C(=O)OCC(COC(=O)C(=C)CC(C)(C)C(=O)OCC(COC(=O)C(=C)C)OC(=O)Nc1ccccc1-c1ccccc1)OC(=O)Nc1ccccc1-c1ccccc1.C=C(C)C(=O)OCC(O)COC(=O)C(=C)CC(C)(C)C(=O)OCC(O)COC(=O)C(=C)C.O=C=Nc1ccccc1-c1ccccc1. The van der Waals surface area contributed by atoms with Crippen molar-refractivity contribution in [1.29, 1.82) is 0 Å². The molecule has 0 bridgehead atoms. The fraction of sp³-hybridized carbons (Fsp3) is 0.289. The van der Waals surface area contributed by atoms with E-state index in [0.29, 0.717) is 17.1 Å².